The van der Waals surface area contributed by atoms with E-state index >= 15 is 0 Å². The molecule has 0 saturated heterocycles. The molecule has 216 valence electrons. The smallest absolute Gasteiger partial charge is 0.422 e. The van der Waals surface area contributed by atoms with Gasteiger partial charge in [-0.05, 0) is 35.8 Å². The van der Waals surface area contributed by atoms with E-state index in [0.29, 0.717) is 46.8 Å². The summed E-state index contributed by atoms with van der Waals surface area (Å²) in [5.74, 6) is 0.307. The molecule has 3 atom stereocenters. The predicted octanol–water partition coefficient (Wildman–Crippen LogP) is 0.948. The number of aliphatic hydroxyl groups excluding tert-OH is 1. The van der Waals surface area contributed by atoms with E-state index in [4.69, 9.17) is 4.42 Å². The lowest BCUT2D eigenvalue weighted by Gasteiger charge is -2.40. The van der Waals surface area contributed by atoms with Crippen LogP contribution in [0.4, 0.5) is 18.9 Å². The monoisotopic (exact) mass is 573 g/mol. The standard InChI is InChI=1S/C26H28F3N8O4/c1-14-33-35-36(34-14)11-16-5-19(26(27,28)29)22(6-15(16)3-2-4-38)37(12-17-8-30-9-18(17)24(37)39)25(40)21-7-20-23(10-31-21)41-13-32-20/h4-6,13,21,24,30-31,39H,2-3,7-12H2,1H3/q+1. The lowest BCUT2D eigenvalue weighted by molar-refractivity contribution is -0.144. The molecule has 3 unspecified atom stereocenters. The number of aromatic nitrogens is 5. The molecule has 2 aromatic heterocycles. The van der Waals surface area contributed by atoms with Gasteiger partial charge in [0.15, 0.2) is 17.9 Å². The number of quaternary nitrogens is 1. The number of aryl methyl sites for hydroxylation is 2. The maximum Gasteiger partial charge on any atom is 0.422 e. The van der Waals surface area contributed by atoms with Crippen molar-refractivity contribution in [2.24, 2.45) is 0 Å². The molecule has 0 fully saturated rings. The Hall–Kier alpha value is -3.79. The Kier molecular flexibility index (Phi) is 6.84. The van der Waals surface area contributed by atoms with E-state index in [1.807, 2.05) is 0 Å². The summed E-state index contributed by atoms with van der Waals surface area (Å²) in [6, 6.07) is 1.39. The number of hydrogen-bond donors (Lipinski definition) is 3. The first-order valence-corrected chi connectivity index (χ1v) is 13.2. The molecule has 0 radical (unpaired) electrons. The second-order valence-corrected chi connectivity index (χ2v) is 10.5. The number of fused-ring (bicyclic) bond motifs is 1. The van der Waals surface area contributed by atoms with E-state index in [0.717, 1.165) is 6.07 Å². The van der Waals surface area contributed by atoms with Gasteiger partial charge in [-0.15, -0.1) is 10.2 Å². The number of oxazole rings is 1. The second-order valence-electron chi connectivity index (χ2n) is 10.5. The average Bonchev–Trinajstić information content (AvgIpc) is 3.73. The third-order valence-electron chi connectivity index (χ3n) is 8.05. The first-order chi connectivity index (χ1) is 19.6. The van der Waals surface area contributed by atoms with Gasteiger partial charge in [0.05, 0.1) is 18.8 Å². The van der Waals surface area contributed by atoms with E-state index < -0.39 is 34.4 Å². The zero-order chi connectivity index (χ0) is 28.9. The molecule has 6 rings (SSSR count). The number of carbonyl (C=O) groups excluding carboxylic acids is 2. The highest BCUT2D eigenvalue weighted by Gasteiger charge is 2.59. The van der Waals surface area contributed by atoms with Crippen LogP contribution in [0.1, 0.15) is 40.4 Å². The zero-order valence-corrected chi connectivity index (χ0v) is 22.1. The van der Waals surface area contributed by atoms with Crippen LogP contribution in [0.2, 0.25) is 0 Å². The molecule has 0 spiro atoms. The number of benzene rings is 1. The van der Waals surface area contributed by atoms with Crippen molar-refractivity contribution in [3.63, 3.8) is 0 Å². The van der Waals surface area contributed by atoms with Crippen molar-refractivity contribution in [3.05, 3.63) is 63.6 Å². The molecular formula is C26H28F3N8O4+. The summed E-state index contributed by atoms with van der Waals surface area (Å²) in [5, 5.41) is 29.7. The summed E-state index contributed by atoms with van der Waals surface area (Å²) in [6.07, 6.45) is -4.16. The number of alkyl halides is 3. The number of aliphatic hydroxyl groups is 1. The van der Waals surface area contributed by atoms with Gasteiger partial charge < -0.3 is 19.6 Å². The van der Waals surface area contributed by atoms with E-state index in [-0.39, 0.29) is 56.7 Å². The fourth-order valence-electron chi connectivity index (χ4n) is 6.11. The molecule has 3 N–H and O–H groups in total. The third kappa shape index (κ3) is 4.67. The molecule has 5 heterocycles. The Labute approximate surface area is 231 Å². The topological polar surface area (TPSA) is 148 Å². The Morgan fingerprint density at radius 3 is 2.80 bits per heavy atom. The van der Waals surface area contributed by atoms with E-state index in [2.05, 4.69) is 31.0 Å². The second kappa shape index (κ2) is 10.2. The molecule has 0 bridgehead atoms. The van der Waals surface area contributed by atoms with E-state index in [9.17, 15) is 27.9 Å². The molecule has 15 heteroatoms. The van der Waals surface area contributed by atoms with Gasteiger partial charge in [0.25, 0.3) is 0 Å². The van der Waals surface area contributed by atoms with Crippen molar-refractivity contribution >= 4 is 17.9 Å². The van der Waals surface area contributed by atoms with E-state index in [1.165, 1.54) is 17.3 Å². The summed E-state index contributed by atoms with van der Waals surface area (Å²) >= 11 is 0. The lowest BCUT2D eigenvalue weighted by atomic mass is 9.94. The number of aldehydes is 1. The van der Waals surface area contributed by atoms with Gasteiger partial charge in [0, 0.05) is 43.1 Å². The highest BCUT2D eigenvalue weighted by atomic mass is 19.4. The quantitative estimate of drug-likeness (QED) is 0.212. The SMILES string of the molecule is Cc1nnn(Cc2cc(C(F)(F)F)c([N+]3(C(=O)C4Cc5ncoc5CN4)CC4=C(CNC4)C3O)cc2CCC=O)n1. The molecular weight excluding hydrogens is 545 g/mol. The molecule has 3 aliphatic rings. The van der Waals surface area contributed by atoms with Crippen LogP contribution in [-0.2, 0) is 41.7 Å². The zero-order valence-electron chi connectivity index (χ0n) is 22.1. The number of halogens is 3. The van der Waals surface area contributed by atoms with E-state index in [1.54, 1.807) is 6.92 Å². The molecule has 0 saturated carbocycles. The van der Waals surface area contributed by atoms with Crippen LogP contribution in [-0.4, -0.2) is 74.4 Å². The highest BCUT2D eigenvalue weighted by molar-refractivity contribution is 5.96. The van der Waals surface area contributed by atoms with Gasteiger partial charge in [0.2, 0.25) is 6.23 Å². The van der Waals surface area contributed by atoms with Crippen LogP contribution in [0.3, 0.4) is 0 Å². The Balaban J connectivity index is 1.52. The highest BCUT2D eigenvalue weighted by Crippen LogP contribution is 2.47. The number of tetrazole rings is 1. The fourth-order valence-corrected chi connectivity index (χ4v) is 6.11. The van der Waals surface area contributed by atoms with Gasteiger partial charge in [-0.25, -0.2) is 9.78 Å². The summed E-state index contributed by atoms with van der Waals surface area (Å²) in [6.45, 7) is 2.18. The van der Waals surface area contributed by atoms with Crippen LogP contribution in [0.25, 0.3) is 0 Å². The minimum Gasteiger partial charge on any atom is -0.447 e. The third-order valence-corrected chi connectivity index (χ3v) is 8.05. The molecule has 1 aromatic carbocycles. The average molecular weight is 574 g/mol. The van der Waals surface area contributed by atoms with Crippen molar-refractivity contribution in [3.8, 4) is 0 Å². The molecule has 3 aromatic rings. The first kappa shape index (κ1) is 27.4. The Bertz CT molecular complexity index is 1550. The van der Waals surface area contributed by atoms with Crippen LogP contribution in [0.5, 0.6) is 0 Å². The van der Waals surface area contributed by atoms with Gasteiger partial charge >= 0.3 is 12.1 Å². The summed E-state index contributed by atoms with van der Waals surface area (Å²) in [4.78, 5) is 31.1. The number of carbonyl (C=O) groups is 2. The van der Waals surface area contributed by atoms with Crippen molar-refractivity contribution < 1.29 is 32.3 Å². The largest absolute Gasteiger partial charge is 0.447 e. The molecule has 3 aliphatic heterocycles. The number of nitrogens with zero attached hydrogens (tertiary/aromatic N) is 6. The van der Waals surface area contributed by atoms with Crippen molar-refractivity contribution in [1.29, 1.82) is 0 Å². The van der Waals surface area contributed by atoms with Gasteiger partial charge in [-0.3, -0.25) is 5.32 Å². The van der Waals surface area contributed by atoms with Crippen LogP contribution in [0, 0.1) is 6.92 Å². The normalized spacial score (nSPS) is 24.0. The molecule has 0 aliphatic carbocycles. The Morgan fingerprint density at radius 1 is 1.27 bits per heavy atom. The van der Waals surface area contributed by atoms with Crippen LogP contribution >= 0.6 is 0 Å². The first-order valence-electron chi connectivity index (χ1n) is 13.2. The summed E-state index contributed by atoms with van der Waals surface area (Å²) < 4.78 is 49.0. The fraction of sp³-hybridized carbons (Fsp3) is 0.462. The van der Waals surface area contributed by atoms with Crippen molar-refractivity contribution in [1.82, 2.24) is 40.3 Å². The number of nitrogens with one attached hydrogen (secondary N) is 2. The maximum absolute atomic E-state index is 14.9. The summed E-state index contributed by atoms with van der Waals surface area (Å²) in [7, 11) is 0. The number of amides is 1. The van der Waals surface area contributed by atoms with Crippen LogP contribution < -0.4 is 15.1 Å². The molecule has 1 amide bonds. The van der Waals surface area contributed by atoms with Crippen LogP contribution in [0.15, 0.2) is 34.1 Å². The molecule has 41 heavy (non-hydrogen) atoms. The predicted molar refractivity (Wildman–Crippen MR) is 136 cm³/mol. The Morgan fingerprint density at radius 2 is 2.10 bits per heavy atom. The number of rotatable bonds is 7. The van der Waals surface area contributed by atoms with Gasteiger partial charge in [-0.2, -0.15) is 22.5 Å². The van der Waals surface area contributed by atoms with Crippen molar-refractivity contribution in [2.75, 3.05) is 19.6 Å². The maximum atomic E-state index is 14.9. The lowest BCUT2D eigenvalue weighted by Crippen LogP contribution is -2.66. The molecule has 12 nitrogen and oxygen atoms in total. The van der Waals surface area contributed by atoms with Gasteiger partial charge in [0.1, 0.15) is 30.2 Å². The minimum absolute atomic E-state index is 0.0515. The van der Waals surface area contributed by atoms with Gasteiger partial charge in [-0.1, -0.05) is 0 Å². The summed E-state index contributed by atoms with van der Waals surface area (Å²) in [5.41, 5.74) is 1.04. The number of hydrogen-bond acceptors (Lipinski definition) is 10. The minimum atomic E-state index is -4.87. The van der Waals surface area contributed by atoms with Crippen molar-refractivity contribution in [2.45, 2.75) is 57.7 Å².